The molecular weight excluding hydrogens is 376 g/mol. The van der Waals surface area contributed by atoms with Gasteiger partial charge in [0, 0.05) is 48.7 Å². The minimum Gasteiger partial charge on any atom is -0.298 e. The van der Waals surface area contributed by atoms with E-state index in [1.165, 1.54) is 10.2 Å². The molecule has 2 aliphatic rings. The van der Waals surface area contributed by atoms with Crippen LogP contribution in [0.3, 0.4) is 0 Å². The highest BCUT2D eigenvalue weighted by Crippen LogP contribution is 2.40. The maximum absolute atomic E-state index is 12.7. The normalized spacial score (nSPS) is 21.6. The van der Waals surface area contributed by atoms with Crippen LogP contribution >= 0.6 is 11.3 Å². The van der Waals surface area contributed by atoms with Crippen LogP contribution in [-0.4, -0.2) is 42.1 Å². The van der Waals surface area contributed by atoms with Gasteiger partial charge >= 0.3 is 11.1 Å². The lowest BCUT2D eigenvalue weighted by atomic mass is 9.85. The van der Waals surface area contributed by atoms with E-state index in [4.69, 9.17) is 5.10 Å². The third-order valence-corrected chi connectivity index (χ3v) is 6.77. The van der Waals surface area contributed by atoms with Crippen molar-refractivity contribution in [3.05, 3.63) is 66.9 Å². The summed E-state index contributed by atoms with van der Waals surface area (Å²) in [5.41, 5.74) is 0.0702. The lowest BCUT2D eigenvalue weighted by Gasteiger charge is -2.23. The van der Waals surface area contributed by atoms with Gasteiger partial charge in [-0.25, -0.2) is 4.68 Å². The van der Waals surface area contributed by atoms with E-state index >= 15 is 0 Å². The van der Waals surface area contributed by atoms with Crippen LogP contribution in [0, 0.1) is 0 Å². The number of likely N-dealkylation sites (tertiary alicyclic amines) is 1. The van der Waals surface area contributed by atoms with Crippen molar-refractivity contribution >= 4 is 11.3 Å². The average Bonchev–Trinajstić information content (AvgIpc) is 3.45. The van der Waals surface area contributed by atoms with E-state index in [0.717, 1.165) is 43.2 Å². The number of nitrogens with zero attached hydrogens (tertiary/aromatic N) is 6. The number of hydrogen-bond donors (Lipinski definition) is 0. The Bertz CT molecular complexity index is 1130. The van der Waals surface area contributed by atoms with E-state index in [2.05, 4.69) is 10.00 Å². The Hall–Kier alpha value is -2.52. The molecule has 1 spiro atoms. The number of aryl methyl sites for hydroxylation is 1. The SMILES string of the molecule is Cn1cc(CN2CC[C@]3(CCn4c3nn(Cc3cccs3)c(=O)c4=O)C2)cn1. The van der Waals surface area contributed by atoms with E-state index in [-0.39, 0.29) is 5.41 Å². The van der Waals surface area contributed by atoms with Gasteiger partial charge in [0.15, 0.2) is 0 Å². The topological polar surface area (TPSA) is 78.0 Å². The monoisotopic (exact) mass is 398 g/mol. The van der Waals surface area contributed by atoms with Crippen LogP contribution in [-0.2, 0) is 32.1 Å². The van der Waals surface area contributed by atoms with Crippen LogP contribution < -0.4 is 11.1 Å². The zero-order valence-electron chi connectivity index (χ0n) is 15.7. The first-order valence-corrected chi connectivity index (χ1v) is 10.4. The molecule has 1 saturated heterocycles. The number of fused-ring (bicyclic) bond motifs is 2. The number of aromatic nitrogens is 5. The Kier molecular flexibility index (Phi) is 4.09. The number of hydrogen-bond acceptors (Lipinski definition) is 6. The molecule has 0 unspecified atom stereocenters. The van der Waals surface area contributed by atoms with Crippen LogP contribution in [0.25, 0.3) is 0 Å². The molecule has 0 amide bonds. The molecule has 3 aromatic rings. The summed E-state index contributed by atoms with van der Waals surface area (Å²) in [6.45, 7) is 3.58. The summed E-state index contributed by atoms with van der Waals surface area (Å²) in [5.74, 6) is 0.780. The molecule has 9 heteroatoms. The molecule has 0 saturated carbocycles. The van der Waals surface area contributed by atoms with Crippen LogP contribution in [0.4, 0.5) is 0 Å². The number of rotatable bonds is 4. The number of thiophene rings is 1. The summed E-state index contributed by atoms with van der Waals surface area (Å²) in [6, 6.07) is 3.91. The van der Waals surface area contributed by atoms with Crippen molar-refractivity contribution < 1.29 is 0 Å². The second-order valence-corrected chi connectivity index (χ2v) is 8.87. The summed E-state index contributed by atoms with van der Waals surface area (Å²) in [6.07, 6.45) is 5.75. The van der Waals surface area contributed by atoms with Crippen molar-refractivity contribution in [2.45, 2.75) is 37.9 Å². The third kappa shape index (κ3) is 2.85. The van der Waals surface area contributed by atoms with Gasteiger partial charge in [-0.05, 0) is 30.8 Å². The van der Waals surface area contributed by atoms with Gasteiger partial charge in [-0.3, -0.25) is 23.7 Å². The van der Waals surface area contributed by atoms with E-state index in [9.17, 15) is 9.59 Å². The Morgan fingerprint density at radius 1 is 1.18 bits per heavy atom. The Balaban J connectivity index is 1.46. The smallest absolute Gasteiger partial charge is 0.298 e. The highest BCUT2D eigenvalue weighted by atomic mass is 32.1. The van der Waals surface area contributed by atoms with Gasteiger partial charge in [0.2, 0.25) is 0 Å². The van der Waals surface area contributed by atoms with Crippen LogP contribution in [0.5, 0.6) is 0 Å². The molecule has 3 aromatic heterocycles. The summed E-state index contributed by atoms with van der Waals surface area (Å²) in [5, 5.41) is 10.9. The van der Waals surface area contributed by atoms with Crippen molar-refractivity contribution in [2.24, 2.45) is 7.05 Å². The van der Waals surface area contributed by atoms with E-state index in [1.807, 2.05) is 41.6 Å². The first-order valence-electron chi connectivity index (χ1n) is 9.49. The van der Waals surface area contributed by atoms with Gasteiger partial charge < -0.3 is 0 Å². The summed E-state index contributed by atoms with van der Waals surface area (Å²) in [4.78, 5) is 28.6. The summed E-state index contributed by atoms with van der Waals surface area (Å²) < 4.78 is 4.79. The molecule has 0 N–H and O–H groups in total. The highest BCUT2D eigenvalue weighted by molar-refractivity contribution is 7.09. The van der Waals surface area contributed by atoms with Crippen molar-refractivity contribution in [2.75, 3.05) is 13.1 Å². The molecule has 28 heavy (non-hydrogen) atoms. The average molecular weight is 398 g/mol. The van der Waals surface area contributed by atoms with Crippen LogP contribution in [0.1, 0.15) is 29.1 Å². The standard InChI is InChI=1S/C19H22N6O2S/c1-22-10-14(9-20-22)11-23-6-4-19(13-23)5-7-24-16(26)17(27)25(21-18(19)24)12-15-3-2-8-28-15/h2-3,8-10H,4-7,11-13H2,1H3/t19-/m0/s1. The molecule has 1 fully saturated rings. The lowest BCUT2D eigenvalue weighted by molar-refractivity contribution is 0.298. The van der Waals surface area contributed by atoms with Crippen molar-refractivity contribution in [1.29, 1.82) is 0 Å². The lowest BCUT2D eigenvalue weighted by Crippen LogP contribution is -2.45. The minimum absolute atomic E-state index is 0.147. The zero-order chi connectivity index (χ0) is 19.3. The largest absolute Gasteiger partial charge is 0.332 e. The fraction of sp³-hybridized carbons (Fsp3) is 0.474. The summed E-state index contributed by atoms with van der Waals surface area (Å²) >= 11 is 1.57. The molecule has 5 rings (SSSR count). The van der Waals surface area contributed by atoms with E-state index in [1.54, 1.807) is 15.9 Å². The summed E-state index contributed by atoms with van der Waals surface area (Å²) in [7, 11) is 1.92. The van der Waals surface area contributed by atoms with Crippen LogP contribution in [0.2, 0.25) is 0 Å². The van der Waals surface area contributed by atoms with E-state index in [0.29, 0.717) is 13.1 Å². The Morgan fingerprint density at radius 2 is 2.04 bits per heavy atom. The molecular formula is C19H22N6O2S. The second kappa shape index (κ2) is 6.52. The van der Waals surface area contributed by atoms with Gasteiger partial charge in [-0.2, -0.15) is 10.2 Å². The first-order chi connectivity index (χ1) is 13.5. The van der Waals surface area contributed by atoms with Crippen LogP contribution in [0.15, 0.2) is 39.5 Å². The molecule has 5 heterocycles. The molecule has 0 aromatic carbocycles. The van der Waals surface area contributed by atoms with Gasteiger partial charge in [0.1, 0.15) is 5.82 Å². The van der Waals surface area contributed by atoms with Crippen molar-refractivity contribution in [3.63, 3.8) is 0 Å². The second-order valence-electron chi connectivity index (χ2n) is 7.84. The van der Waals surface area contributed by atoms with Crippen molar-refractivity contribution in [3.8, 4) is 0 Å². The minimum atomic E-state index is -0.528. The predicted octanol–water partition coefficient (Wildman–Crippen LogP) is 0.796. The van der Waals surface area contributed by atoms with Gasteiger partial charge in [0.25, 0.3) is 0 Å². The molecule has 2 aliphatic heterocycles. The Morgan fingerprint density at radius 3 is 2.79 bits per heavy atom. The van der Waals surface area contributed by atoms with Gasteiger partial charge in [0.05, 0.1) is 12.7 Å². The van der Waals surface area contributed by atoms with Gasteiger partial charge in [-0.1, -0.05) is 6.07 Å². The molecule has 0 aliphatic carbocycles. The zero-order valence-corrected chi connectivity index (χ0v) is 16.6. The maximum atomic E-state index is 12.7. The van der Waals surface area contributed by atoms with Crippen molar-refractivity contribution in [1.82, 2.24) is 29.0 Å². The fourth-order valence-corrected chi connectivity index (χ4v) is 5.21. The Labute approximate surface area is 165 Å². The molecule has 146 valence electrons. The molecule has 0 radical (unpaired) electrons. The predicted molar refractivity (Wildman–Crippen MR) is 106 cm³/mol. The van der Waals surface area contributed by atoms with Gasteiger partial charge in [-0.15, -0.1) is 11.3 Å². The maximum Gasteiger partial charge on any atom is 0.332 e. The quantitative estimate of drug-likeness (QED) is 0.608. The first kappa shape index (κ1) is 17.6. The molecule has 1 atom stereocenters. The fourth-order valence-electron chi connectivity index (χ4n) is 4.52. The third-order valence-electron chi connectivity index (χ3n) is 5.91. The molecule has 8 nitrogen and oxygen atoms in total. The molecule has 0 bridgehead atoms. The van der Waals surface area contributed by atoms with E-state index < -0.39 is 11.1 Å². The highest BCUT2D eigenvalue weighted by Gasteiger charge is 2.47.